The van der Waals surface area contributed by atoms with Crippen molar-refractivity contribution in [1.82, 2.24) is 0 Å². The number of hydrogen-bond donors (Lipinski definition) is 1. The highest BCUT2D eigenvalue weighted by molar-refractivity contribution is 6.17. The van der Waals surface area contributed by atoms with Crippen LogP contribution in [0.15, 0.2) is 42.5 Å². The molecule has 0 saturated heterocycles. The number of alkyl halides is 1. The Hall–Kier alpha value is -1.47. The van der Waals surface area contributed by atoms with Crippen LogP contribution in [0.2, 0.25) is 0 Å². The van der Waals surface area contributed by atoms with Crippen molar-refractivity contribution >= 4 is 28.4 Å². The monoisotopic (exact) mass is 232 g/mol. The minimum absolute atomic E-state index is 0.304. The van der Waals surface area contributed by atoms with E-state index in [9.17, 15) is 5.11 Å². The Morgan fingerprint density at radius 3 is 2.62 bits per heavy atom. The van der Waals surface area contributed by atoms with Crippen LogP contribution in [-0.2, 0) is 0 Å². The van der Waals surface area contributed by atoms with Crippen LogP contribution in [-0.4, -0.2) is 11.0 Å². The van der Waals surface area contributed by atoms with Crippen LogP contribution in [0, 0.1) is 0 Å². The van der Waals surface area contributed by atoms with Gasteiger partial charge in [-0.3, -0.25) is 0 Å². The van der Waals surface area contributed by atoms with Crippen LogP contribution >= 0.6 is 11.6 Å². The van der Waals surface area contributed by atoms with E-state index < -0.39 is 0 Å². The molecule has 0 aliphatic rings. The molecule has 0 amide bonds. The molecule has 2 rings (SSSR count). The summed E-state index contributed by atoms with van der Waals surface area (Å²) in [7, 11) is 0. The molecule has 0 aliphatic heterocycles. The zero-order chi connectivity index (χ0) is 11.4. The minimum Gasteiger partial charge on any atom is -0.508 e. The van der Waals surface area contributed by atoms with Crippen molar-refractivity contribution in [3.05, 3.63) is 48.0 Å². The highest BCUT2D eigenvalue weighted by Crippen LogP contribution is 2.21. The molecule has 82 valence electrons. The first-order valence-electron chi connectivity index (χ1n) is 5.25. The second kappa shape index (κ2) is 5.04. The predicted octanol–water partition coefficient (Wildman–Crippen LogP) is 4.19. The second-order valence-electron chi connectivity index (χ2n) is 3.67. The molecule has 0 bridgehead atoms. The third kappa shape index (κ3) is 2.56. The van der Waals surface area contributed by atoms with Gasteiger partial charge in [0.05, 0.1) is 0 Å². The highest BCUT2D eigenvalue weighted by atomic mass is 35.5. The van der Waals surface area contributed by atoms with E-state index in [0.29, 0.717) is 11.6 Å². The summed E-state index contributed by atoms with van der Waals surface area (Å²) in [4.78, 5) is 0. The fourth-order valence-electron chi connectivity index (χ4n) is 1.64. The number of allylic oxidation sites excluding steroid dienone is 1. The minimum atomic E-state index is 0.304. The van der Waals surface area contributed by atoms with Gasteiger partial charge in [0.25, 0.3) is 0 Å². The van der Waals surface area contributed by atoms with Gasteiger partial charge < -0.3 is 5.11 Å². The van der Waals surface area contributed by atoms with Crippen molar-refractivity contribution in [2.45, 2.75) is 6.42 Å². The molecule has 0 radical (unpaired) electrons. The summed E-state index contributed by atoms with van der Waals surface area (Å²) in [5, 5.41) is 11.5. The molecular weight excluding hydrogens is 220 g/mol. The lowest BCUT2D eigenvalue weighted by molar-refractivity contribution is 0.476. The number of phenols is 1. The van der Waals surface area contributed by atoms with Crippen molar-refractivity contribution < 1.29 is 5.11 Å². The van der Waals surface area contributed by atoms with E-state index in [4.69, 9.17) is 11.6 Å². The average molecular weight is 233 g/mol. The first-order valence-corrected chi connectivity index (χ1v) is 5.78. The molecule has 0 heterocycles. The van der Waals surface area contributed by atoms with Gasteiger partial charge in [-0.2, -0.15) is 0 Å². The van der Waals surface area contributed by atoms with Gasteiger partial charge in [0, 0.05) is 5.88 Å². The van der Waals surface area contributed by atoms with E-state index in [0.717, 1.165) is 22.8 Å². The molecular formula is C14H13ClO. The molecule has 0 fully saturated rings. The molecule has 0 aromatic heterocycles. The number of hydrogen-bond acceptors (Lipinski definition) is 1. The van der Waals surface area contributed by atoms with Crippen LogP contribution in [0.25, 0.3) is 16.8 Å². The van der Waals surface area contributed by atoms with Gasteiger partial charge >= 0.3 is 0 Å². The van der Waals surface area contributed by atoms with E-state index in [2.05, 4.69) is 18.2 Å². The van der Waals surface area contributed by atoms with E-state index in [1.165, 1.54) is 0 Å². The van der Waals surface area contributed by atoms with Crippen molar-refractivity contribution in [2.75, 3.05) is 5.88 Å². The summed E-state index contributed by atoms with van der Waals surface area (Å²) >= 11 is 5.60. The van der Waals surface area contributed by atoms with E-state index in [-0.39, 0.29) is 0 Å². The summed E-state index contributed by atoms with van der Waals surface area (Å²) in [6.07, 6.45) is 5.01. The van der Waals surface area contributed by atoms with Gasteiger partial charge in [0.1, 0.15) is 5.75 Å². The highest BCUT2D eigenvalue weighted by Gasteiger charge is 1.95. The lowest BCUT2D eigenvalue weighted by atomic mass is 10.1. The Morgan fingerprint density at radius 2 is 1.81 bits per heavy atom. The van der Waals surface area contributed by atoms with Crippen LogP contribution in [0.1, 0.15) is 12.0 Å². The molecule has 16 heavy (non-hydrogen) atoms. The summed E-state index contributed by atoms with van der Waals surface area (Å²) in [6, 6.07) is 11.5. The number of halogens is 1. The molecule has 0 unspecified atom stereocenters. The smallest absolute Gasteiger partial charge is 0.116 e. The van der Waals surface area contributed by atoms with Gasteiger partial charge in [-0.15, -0.1) is 11.6 Å². The summed E-state index contributed by atoms with van der Waals surface area (Å²) < 4.78 is 0. The molecule has 0 saturated carbocycles. The topological polar surface area (TPSA) is 20.2 Å². The number of benzene rings is 2. The number of aromatic hydroxyl groups is 1. The fraction of sp³-hybridized carbons (Fsp3) is 0.143. The summed E-state index contributed by atoms with van der Waals surface area (Å²) in [5.41, 5.74) is 1.16. The van der Waals surface area contributed by atoms with Crippen LogP contribution in [0.4, 0.5) is 0 Å². The maximum Gasteiger partial charge on any atom is 0.116 e. The van der Waals surface area contributed by atoms with Crippen molar-refractivity contribution in [1.29, 1.82) is 0 Å². The van der Waals surface area contributed by atoms with E-state index in [1.54, 1.807) is 12.1 Å². The normalized spacial score (nSPS) is 11.3. The molecule has 2 aromatic carbocycles. The van der Waals surface area contributed by atoms with Crippen LogP contribution in [0.5, 0.6) is 5.75 Å². The van der Waals surface area contributed by atoms with Crippen molar-refractivity contribution in [3.63, 3.8) is 0 Å². The van der Waals surface area contributed by atoms with E-state index >= 15 is 0 Å². The van der Waals surface area contributed by atoms with Gasteiger partial charge in [-0.25, -0.2) is 0 Å². The molecule has 0 spiro atoms. The van der Waals surface area contributed by atoms with Gasteiger partial charge in [-0.1, -0.05) is 30.4 Å². The third-order valence-electron chi connectivity index (χ3n) is 2.43. The first-order chi connectivity index (χ1) is 7.79. The quantitative estimate of drug-likeness (QED) is 0.787. The Kier molecular flexibility index (Phi) is 3.47. The zero-order valence-electron chi connectivity index (χ0n) is 8.86. The largest absolute Gasteiger partial charge is 0.508 e. The van der Waals surface area contributed by atoms with Crippen molar-refractivity contribution in [3.8, 4) is 5.75 Å². The predicted molar refractivity (Wildman–Crippen MR) is 70.0 cm³/mol. The van der Waals surface area contributed by atoms with E-state index in [1.807, 2.05) is 18.2 Å². The molecule has 1 nitrogen and oxygen atoms in total. The van der Waals surface area contributed by atoms with Gasteiger partial charge in [0.2, 0.25) is 0 Å². The number of phenolic OH excluding ortho intramolecular Hbond substituents is 1. The average Bonchev–Trinajstić information content (AvgIpc) is 2.29. The zero-order valence-corrected chi connectivity index (χ0v) is 9.61. The van der Waals surface area contributed by atoms with Gasteiger partial charge in [0.15, 0.2) is 0 Å². The Balaban J connectivity index is 2.33. The third-order valence-corrected chi connectivity index (χ3v) is 2.65. The van der Waals surface area contributed by atoms with Crippen LogP contribution in [0.3, 0.4) is 0 Å². The first kappa shape index (κ1) is 11.0. The Bertz CT molecular complexity index is 517. The molecule has 1 N–H and O–H groups in total. The van der Waals surface area contributed by atoms with Crippen molar-refractivity contribution in [2.24, 2.45) is 0 Å². The lowest BCUT2D eigenvalue weighted by Gasteiger charge is -2.00. The summed E-state index contributed by atoms with van der Waals surface area (Å²) in [5.74, 6) is 0.954. The maximum absolute atomic E-state index is 9.34. The standard InChI is InChI=1S/C14H13ClO/c15-8-2-1-3-11-4-5-13-10-14(16)7-6-12(13)9-11/h1,3-7,9-10,16H,2,8H2. The van der Waals surface area contributed by atoms with Gasteiger partial charge in [-0.05, 0) is 41.0 Å². The van der Waals surface area contributed by atoms with Crippen LogP contribution < -0.4 is 0 Å². The lowest BCUT2D eigenvalue weighted by Crippen LogP contribution is -1.76. The number of rotatable bonds is 3. The Labute approximate surface area is 100.0 Å². The second-order valence-corrected chi connectivity index (χ2v) is 4.05. The fourth-order valence-corrected chi connectivity index (χ4v) is 1.76. The molecule has 2 aromatic rings. The maximum atomic E-state index is 9.34. The molecule has 2 heteroatoms. The molecule has 0 atom stereocenters. The SMILES string of the molecule is Oc1ccc2cc(C=CCCCl)ccc2c1. The molecule has 0 aliphatic carbocycles. The number of fused-ring (bicyclic) bond motifs is 1. The summed E-state index contributed by atoms with van der Waals surface area (Å²) in [6.45, 7) is 0. The Morgan fingerprint density at radius 1 is 1.06 bits per heavy atom.